The Labute approximate surface area is 969 Å². The van der Waals surface area contributed by atoms with Gasteiger partial charge in [-0.25, -0.2) is 0 Å². The molecule has 3 heterocycles. The molecule has 0 aromatic heterocycles. The standard InChI is InChI=1S/C14H33N2O.C14H28N.C13H31N2.C11H24N.C10H22NO.C10H21N.C10H24N.C9H21N.2C6H14N.C5H11N.2C5H11.C4H9.3Y/c1-13(2,3)10-15(7)11-17-12-16(8,9)14(4,5)6;1-13(2,3)11-9-10-12-15(7,8)14(4,5)6;1-12(2,3)10-14(7)11-15(8,9)13(4,5)6;1-9(2)12(6)7-10(8-12)11(3,4)5;1-9(2)6-11(7-12-8-11)10(3,4)5;1-8(2)11-6-9(7-11)10(3,4)5;1-9(2)11(6,7)8-10(3,4)5;1-8(2)10(6)7-9(3,4)5;2*1-6(2)7(3,4)5;1-5(2)6(3)4;2*1-5(2,3)4;1-4(2)3;;;/h10-12H2,1-9H3;11-12H2,1-8H3;10-11H2,1-9H3;9-10H,7-8H2,1-6H3;9H,6-8H2,1-5H3;8-9H,6-7H2,1-5H3;9H,8H2,1-7H3;8H,7H2,1-6H3;2*6H,3-4H2,1-2,5H3;5H,3-4H2,1-2H3;2*1H2,2-4H3;4H,1H2,2-3H3;;;/q5*+1;;+1;;2*-1;-2;3*-1;3*+3. The van der Waals surface area contributed by atoms with Gasteiger partial charge in [-0.15, -0.1) is 0 Å². The number of likely N-dealkylation sites (tertiary alicyclic amines) is 2. The van der Waals surface area contributed by atoms with Gasteiger partial charge >= 0.3 is 98.1 Å². The van der Waals surface area contributed by atoms with Crippen LogP contribution in [0.4, 0.5) is 0 Å². The molecule has 15 nitrogen and oxygen atoms in total. The van der Waals surface area contributed by atoms with E-state index in [1.54, 1.807) is 4.90 Å². The van der Waals surface area contributed by atoms with E-state index in [2.05, 4.69) is 560 Å². The summed E-state index contributed by atoms with van der Waals surface area (Å²) < 4.78 is 18.7. The van der Waals surface area contributed by atoms with E-state index in [4.69, 9.17) is 9.47 Å². The van der Waals surface area contributed by atoms with Crippen molar-refractivity contribution in [3.8, 4) is 11.8 Å². The van der Waals surface area contributed by atoms with Gasteiger partial charge in [0.05, 0.1) is 130 Å². The van der Waals surface area contributed by atoms with E-state index < -0.39 is 0 Å². The van der Waals surface area contributed by atoms with Crippen molar-refractivity contribution in [2.24, 2.45) is 72.4 Å². The average Bonchev–Trinajstić information content (AvgIpc) is 0.774. The Morgan fingerprint density at radius 2 is 0.714 bits per heavy atom. The zero-order valence-electron chi connectivity index (χ0n) is 111. The fourth-order valence-electron chi connectivity index (χ4n) is 11.5. The molecule has 0 aromatic rings. The van der Waals surface area contributed by atoms with Crippen LogP contribution in [0.1, 0.15) is 401 Å². The summed E-state index contributed by atoms with van der Waals surface area (Å²) in [6, 6.07) is 4.41. The summed E-state index contributed by atoms with van der Waals surface area (Å²) in [5, 5.41) is 0. The summed E-state index contributed by atoms with van der Waals surface area (Å²) in [4.78, 5) is 11.3. The molecule has 0 radical (unpaired) electrons. The maximum atomic E-state index is 5.83. The van der Waals surface area contributed by atoms with Gasteiger partial charge < -0.3 is 85.7 Å². The van der Waals surface area contributed by atoms with Gasteiger partial charge in [-0.1, -0.05) is 234 Å². The number of hydrogen-bond acceptors (Lipinski definition) is 7. The molecule has 140 heavy (non-hydrogen) atoms. The fourth-order valence-corrected chi connectivity index (χ4v) is 11.5. The third kappa shape index (κ3) is 107. The van der Waals surface area contributed by atoms with E-state index in [0.29, 0.717) is 101 Å². The largest absolute Gasteiger partial charge is 3.00 e. The number of nitrogens with zero attached hydrogens (tertiary/aromatic N) is 13. The molecule has 0 atom stereocenters. The van der Waals surface area contributed by atoms with Gasteiger partial charge in [0.2, 0.25) is 0 Å². The predicted molar refractivity (Wildman–Crippen MR) is 627 cm³/mol. The summed E-state index contributed by atoms with van der Waals surface area (Å²) in [5.74, 6) is 9.80. The Morgan fingerprint density at radius 3 is 0.886 bits per heavy atom. The van der Waals surface area contributed by atoms with Crippen molar-refractivity contribution in [3.63, 3.8) is 0 Å². The molecule has 3 rings (SSSR count). The van der Waals surface area contributed by atoms with E-state index in [-0.39, 0.29) is 120 Å². The van der Waals surface area contributed by atoms with E-state index in [9.17, 15) is 0 Å². The van der Waals surface area contributed by atoms with Crippen molar-refractivity contribution in [3.05, 3.63) is 63.1 Å². The average molecular weight is 2220 g/mol. The van der Waals surface area contributed by atoms with Gasteiger partial charge in [-0.3, -0.25) is 19.0 Å². The van der Waals surface area contributed by atoms with Crippen molar-refractivity contribution in [2.45, 2.75) is 466 Å². The van der Waals surface area contributed by atoms with Crippen LogP contribution in [0.3, 0.4) is 0 Å². The van der Waals surface area contributed by atoms with Gasteiger partial charge in [0, 0.05) is 88.7 Å². The fraction of sp³-hybridized carbons (Fsp3) is 0.910. The second-order valence-electron chi connectivity index (χ2n) is 62.5. The summed E-state index contributed by atoms with van der Waals surface area (Å²) in [6.07, 6.45) is 0.983. The summed E-state index contributed by atoms with van der Waals surface area (Å²) in [6.45, 7) is 155. The quantitative estimate of drug-likeness (QED) is 0.0520. The Balaban J connectivity index is -0.000000103. The Bertz CT molecular complexity index is 2910. The topological polar surface area (TPSA) is 34.7 Å². The van der Waals surface area contributed by atoms with Gasteiger partial charge in [-0.05, 0) is 238 Å². The van der Waals surface area contributed by atoms with Crippen molar-refractivity contribution >= 4 is 0 Å². The maximum absolute atomic E-state index is 5.83. The Kier molecular flexibility index (Phi) is 88.9. The molecule has 0 aromatic carbocycles. The van der Waals surface area contributed by atoms with Gasteiger partial charge in [-0.2, -0.15) is 44.9 Å². The molecule has 18 heteroatoms. The molecule has 0 saturated carbocycles. The minimum Gasteiger partial charge on any atom is -0.608 e. The first-order valence-corrected chi connectivity index (χ1v) is 53.4. The minimum atomic E-state index is 0. The first-order valence-electron chi connectivity index (χ1n) is 53.4. The van der Waals surface area contributed by atoms with E-state index in [0.717, 1.165) is 105 Å². The van der Waals surface area contributed by atoms with Crippen molar-refractivity contribution < 1.29 is 143 Å². The van der Waals surface area contributed by atoms with Gasteiger partial charge in [0.1, 0.15) is 19.9 Å². The van der Waals surface area contributed by atoms with Crippen molar-refractivity contribution in [1.29, 1.82) is 0 Å². The van der Waals surface area contributed by atoms with Crippen LogP contribution in [0.25, 0.3) is 0 Å². The van der Waals surface area contributed by atoms with Crippen LogP contribution in [0.5, 0.6) is 0 Å². The molecule has 0 bridgehead atoms. The van der Waals surface area contributed by atoms with Gasteiger partial charge in [0.15, 0.2) is 20.2 Å². The molecule has 3 saturated heterocycles. The van der Waals surface area contributed by atoms with E-state index in [1.807, 2.05) is 27.9 Å². The Morgan fingerprint density at radius 1 is 0.421 bits per heavy atom. The SMILES string of the molecule is CC(C)(C)CC#CC[N+](C)(C)C(C)(C)C.CC(C)C[N+]1(C(C)(C)C)COC1.CC(C)N(C)CC(C)(C)C.CC(C)N1CC(C(C)(C)C)C1.CC(C)[N+](C)(C)CC(C)(C)C.CC(C)[N+]1(C)CC(C(C)(C)C)C1.CN(CC(C)(C)C)C[N+](C)(C)C(C)(C)C.CN(COC[N+](C)(C)C(C)(C)C)CC(C)(C)C.[CH2-]C(C)(C)C.[CH2-]C(C)(C)C.[CH2-]C(C)C.[CH2-]N([CH2-])C(C)C.[CH2-][N+]([CH2-])(C)C(C)C.[CH2-][N+]([CH2-])(C)C(C)C.[Y+3].[Y+3].[Y+3]. The van der Waals surface area contributed by atoms with Crippen LogP contribution in [0.15, 0.2) is 0 Å². The predicted octanol–water partition coefficient (Wildman–Crippen LogP) is 30.2. The molecule has 3 aliphatic heterocycles. The molecule has 0 spiro atoms. The van der Waals surface area contributed by atoms with Crippen LogP contribution in [-0.4, -0.2) is 323 Å². The van der Waals surface area contributed by atoms with Crippen LogP contribution < -0.4 is 0 Å². The number of quaternary nitrogens is 8. The molecule has 0 N–H and O–H groups in total. The summed E-state index contributed by atoms with van der Waals surface area (Å²) >= 11 is 0. The molecular formula is C122H274N13O2Y3+8. The van der Waals surface area contributed by atoms with Crippen molar-refractivity contribution in [1.82, 2.24) is 24.5 Å². The van der Waals surface area contributed by atoms with Gasteiger partial charge in [0.25, 0.3) is 0 Å². The van der Waals surface area contributed by atoms with Crippen molar-refractivity contribution in [2.75, 3.05) is 198 Å². The second-order valence-corrected chi connectivity index (χ2v) is 62.5. The number of rotatable bonds is 20. The molecule has 0 amide bonds. The van der Waals surface area contributed by atoms with E-state index in [1.165, 1.54) is 50.3 Å². The second kappa shape index (κ2) is 72.2. The zero-order chi connectivity index (χ0) is 114. The summed E-state index contributed by atoms with van der Waals surface area (Å²) in [5.41, 5.74) is 4.55. The van der Waals surface area contributed by atoms with Crippen LogP contribution >= 0.6 is 0 Å². The minimum absolute atomic E-state index is 0. The normalized spacial score (nSPS) is 16.5. The van der Waals surface area contributed by atoms with Crippen LogP contribution in [0.2, 0.25) is 0 Å². The molecule has 840 valence electrons. The molecule has 0 aliphatic carbocycles. The monoisotopic (exact) mass is 2220 g/mol. The first kappa shape index (κ1) is 173. The molecular weight excluding hydrogens is 1950 g/mol. The van der Waals surface area contributed by atoms with E-state index >= 15 is 0 Å². The molecule has 3 aliphatic rings. The first-order chi connectivity index (χ1) is 58.9. The molecule has 3 fully saturated rings. The molecule has 0 unspecified atom stereocenters. The smallest absolute Gasteiger partial charge is 0.608 e. The zero-order valence-corrected chi connectivity index (χ0v) is 119. The maximum Gasteiger partial charge on any atom is 3.00 e. The number of ether oxygens (including phenoxy) is 2. The summed E-state index contributed by atoms with van der Waals surface area (Å²) in [7, 11) is 53.3. The third-order valence-corrected chi connectivity index (χ3v) is 26.0. The van der Waals surface area contributed by atoms with Crippen LogP contribution in [0, 0.1) is 147 Å². The van der Waals surface area contributed by atoms with Crippen LogP contribution in [-0.2, 0) is 108 Å². The number of hydrogen-bond donors (Lipinski definition) is 0. The third-order valence-electron chi connectivity index (χ3n) is 26.0. The Hall–Kier alpha value is 2.27.